The van der Waals surface area contributed by atoms with E-state index in [9.17, 15) is 9.59 Å². The first-order chi connectivity index (χ1) is 17.9. The SMILES string of the molecule is COc1ccc(CCNC(=O)CNC(=O)C(NCc2ccc(C(=N)N)cc2)c2ccccn2)cc1OC. The molecular formula is C27H32N6O4. The van der Waals surface area contributed by atoms with Crippen molar-refractivity contribution in [1.82, 2.24) is 20.9 Å². The molecule has 194 valence electrons. The fourth-order valence-electron chi connectivity index (χ4n) is 3.61. The number of pyridine rings is 1. The molecule has 0 fully saturated rings. The van der Waals surface area contributed by atoms with Gasteiger partial charge in [-0.2, -0.15) is 0 Å². The number of aromatic nitrogens is 1. The van der Waals surface area contributed by atoms with Crippen molar-refractivity contribution in [3.63, 3.8) is 0 Å². The van der Waals surface area contributed by atoms with E-state index >= 15 is 0 Å². The van der Waals surface area contributed by atoms with Gasteiger partial charge in [0.15, 0.2) is 11.5 Å². The highest BCUT2D eigenvalue weighted by atomic mass is 16.5. The molecule has 0 aliphatic carbocycles. The summed E-state index contributed by atoms with van der Waals surface area (Å²) in [5.74, 6) is 0.596. The van der Waals surface area contributed by atoms with Gasteiger partial charge in [0.05, 0.1) is 26.5 Å². The summed E-state index contributed by atoms with van der Waals surface area (Å²) < 4.78 is 10.5. The van der Waals surface area contributed by atoms with Gasteiger partial charge in [-0.15, -0.1) is 0 Å². The Balaban J connectivity index is 1.52. The maximum absolute atomic E-state index is 13.0. The maximum atomic E-state index is 13.0. The lowest BCUT2D eigenvalue weighted by molar-refractivity contribution is -0.127. The van der Waals surface area contributed by atoms with E-state index in [1.165, 1.54) is 0 Å². The number of rotatable bonds is 13. The number of carbonyl (C=O) groups excluding carboxylic acids is 2. The lowest BCUT2D eigenvalue weighted by Crippen LogP contribution is -2.43. The minimum absolute atomic E-state index is 0.00717. The van der Waals surface area contributed by atoms with Crippen molar-refractivity contribution in [3.05, 3.63) is 89.2 Å². The normalized spacial score (nSPS) is 11.3. The van der Waals surface area contributed by atoms with Crippen LogP contribution in [0, 0.1) is 5.41 Å². The molecule has 3 aromatic rings. The first-order valence-corrected chi connectivity index (χ1v) is 11.7. The smallest absolute Gasteiger partial charge is 0.243 e. The van der Waals surface area contributed by atoms with Crippen LogP contribution in [0.4, 0.5) is 0 Å². The minimum Gasteiger partial charge on any atom is -0.493 e. The lowest BCUT2D eigenvalue weighted by atomic mass is 10.1. The van der Waals surface area contributed by atoms with E-state index < -0.39 is 6.04 Å². The average Bonchev–Trinajstić information content (AvgIpc) is 2.92. The van der Waals surface area contributed by atoms with Crippen LogP contribution >= 0.6 is 0 Å². The van der Waals surface area contributed by atoms with E-state index in [-0.39, 0.29) is 24.2 Å². The molecule has 2 amide bonds. The number of amides is 2. The Bertz CT molecular complexity index is 1200. The van der Waals surface area contributed by atoms with Gasteiger partial charge in [-0.1, -0.05) is 36.4 Å². The summed E-state index contributed by atoms with van der Waals surface area (Å²) >= 11 is 0. The van der Waals surface area contributed by atoms with Crippen LogP contribution in [-0.2, 0) is 22.6 Å². The van der Waals surface area contributed by atoms with Crippen LogP contribution in [0.3, 0.4) is 0 Å². The van der Waals surface area contributed by atoms with Crippen LogP contribution in [0.2, 0.25) is 0 Å². The summed E-state index contributed by atoms with van der Waals surface area (Å²) in [7, 11) is 3.15. The summed E-state index contributed by atoms with van der Waals surface area (Å²) in [6.45, 7) is 0.621. The number of benzene rings is 2. The zero-order valence-corrected chi connectivity index (χ0v) is 20.9. The van der Waals surface area contributed by atoms with Gasteiger partial charge in [0, 0.05) is 24.8 Å². The maximum Gasteiger partial charge on any atom is 0.243 e. The third kappa shape index (κ3) is 8.04. The monoisotopic (exact) mass is 504 g/mol. The molecule has 0 bridgehead atoms. The zero-order valence-electron chi connectivity index (χ0n) is 20.9. The molecule has 3 rings (SSSR count). The van der Waals surface area contributed by atoms with Gasteiger partial charge in [-0.3, -0.25) is 25.3 Å². The molecule has 0 aliphatic heterocycles. The fraction of sp³-hybridized carbons (Fsp3) is 0.259. The van der Waals surface area contributed by atoms with E-state index in [4.69, 9.17) is 20.6 Å². The summed E-state index contributed by atoms with van der Waals surface area (Å²) in [6, 6.07) is 17.3. The van der Waals surface area contributed by atoms with Crippen molar-refractivity contribution < 1.29 is 19.1 Å². The van der Waals surface area contributed by atoms with Crippen molar-refractivity contribution in [2.45, 2.75) is 19.0 Å². The predicted molar refractivity (Wildman–Crippen MR) is 141 cm³/mol. The van der Waals surface area contributed by atoms with Crippen LogP contribution < -0.4 is 31.2 Å². The van der Waals surface area contributed by atoms with Crippen molar-refractivity contribution in [1.29, 1.82) is 5.41 Å². The van der Waals surface area contributed by atoms with Gasteiger partial charge < -0.3 is 25.8 Å². The van der Waals surface area contributed by atoms with Gasteiger partial charge in [0.1, 0.15) is 11.9 Å². The van der Waals surface area contributed by atoms with Crippen LogP contribution in [0.15, 0.2) is 66.9 Å². The molecule has 1 unspecified atom stereocenters. The lowest BCUT2D eigenvalue weighted by Gasteiger charge is -2.18. The summed E-state index contributed by atoms with van der Waals surface area (Å²) in [4.78, 5) is 29.6. The third-order valence-electron chi connectivity index (χ3n) is 5.63. The third-order valence-corrected chi connectivity index (χ3v) is 5.63. The molecule has 6 N–H and O–H groups in total. The Hall–Kier alpha value is -4.44. The zero-order chi connectivity index (χ0) is 26.6. The molecule has 0 spiro atoms. The van der Waals surface area contributed by atoms with Crippen LogP contribution in [0.25, 0.3) is 0 Å². The van der Waals surface area contributed by atoms with Crippen molar-refractivity contribution in [2.75, 3.05) is 27.3 Å². The van der Waals surface area contributed by atoms with Gasteiger partial charge in [0.2, 0.25) is 11.8 Å². The highest BCUT2D eigenvalue weighted by molar-refractivity contribution is 5.94. The number of carbonyl (C=O) groups is 2. The second-order valence-electron chi connectivity index (χ2n) is 8.19. The molecule has 1 heterocycles. The highest BCUT2D eigenvalue weighted by Gasteiger charge is 2.22. The number of amidine groups is 1. The molecule has 37 heavy (non-hydrogen) atoms. The Labute approximate surface area is 216 Å². The number of nitrogens with zero attached hydrogens (tertiary/aromatic N) is 1. The number of hydrogen-bond donors (Lipinski definition) is 5. The van der Waals surface area contributed by atoms with Crippen molar-refractivity contribution in [3.8, 4) is 11.5 Å². The quantitative estimate of drug-likeness (QED) is 0.175. The Morgan fingerprint density at radius 1 is 0.973 bits per heavy atom. The Morgan fingerprint density at radius 2 is 1.70 bits per heavy atom. The molecule has 1 aromatic heterocycles. The van der Waals surface area contributed by atoms with E-state index in [1.54, 1.807) is 50.7 Å². The number of nitrogens with two attached hydrogens (primary N) is 1. The van der Waals surface area contributed by atoms with Crippen LogP contribution in [-0.4, -0.2) is 49.9 Å². The molecule has 1 atom stereocenters. The van der Waals surface area contributed by atoms with Gasteiger partial charge in [-0.05, 0) is 41.8 Å². The van der Waals surface area contributed by atoms with Gasteiger partial charge in [0.25, 0.3) is 0 Å². The van der Waals surface area contributed by atoms with E-state index in [2.05, 4.69) is 20.9 Å². The minimum atomic E-state index is -0.756. The van der Waals surface area contributed by atoms with Crippen LogP contribution in [0.1, 0.15) is 28.4 Å². The van der Waals surface area contributed by atoms with Crippen molar-refractivity contribution in [2.24, 2.45) is 5.73 Å². The van der Waals surface area contributed by atoms with Crippen molar-refractivity contribution >= 4 is 17.6 Å². The fourth-order valence-corrected chi connectivity index (χ4v) is 3.61. The second-order valence-corrected chi connectivity index (χ2v) is 8.19. The number of hydrogen-bond acceptors (Lipinski definition) is 7. The number of methoxy groups -OCH3 is 2. The summed E-state index contributed by atoms with van der Waals surface area (Å²) in [5, 5.41) is 16.2. The molecule has 0 saturated heterocycles. The highest BCUT2D eigenvalue weighted by Crippen LogP contribution is 2.27. The Morgan fingerprint density at radius 3 is 2.35 bits per heavy atom. The number of nitrogens with one attached hydrogen (secondary N) is 4. The van der Waals surface area contributed by atoms with E-state index in [0.717, 1.165) is 11.1 Å². The van der Waals surface area contributed by atoms with Crippen LogP contribution in [0.5, 0.6) is 11.5 Å². The van der Waals surface area contributed by atoms with E-state index in [0.29, 0.717) is 42.3 Å². The molecule has 2 aromatic carbocycles. The van der Waals surface area contributed by atoms with Gasteiger partial charge in [-0.25, -0.2) is 0 Å². The number of nitrogen functional groups attached to an aromatic ring is 1. The Kier molecular flexibility index (Phi) is 9.98. The molecule has 0 radical (unpaired) electrons. The largest absolute Gasteiger partial charge is 0.493 e. The van der Waals surface area contributed by atoms with Gasteiger partial charge >= 0.3 is 0 Å². The first-order valence-electron chi connectivity index (χ1n) is 11.7. The molecule has 0 aliphatic rings. The molecular weight excluding hydrogens is 472 g/mol. The standard InChI is InChI=1S/C27H32N6O4/c1-36-22-11-8-18(15-23(22)37-2)12-14-31-24(34)17-33-27(35)25(21-5-3-4-13-30-21)32-16-19-6-9-20(10-7-19)26(28)29/h3-11,13,15,25,32H,12,14,16-17H2,1-2H3,(H3,28,29)(H,31,34)(H,33,35). The molecule has 10 nitrogen and oxygen atoms in total. The van der Waals surface area contributed by atoms with E-state index in [1.807, 2.05) is 30.3 Å². The summed E-state index contributed by atoms with van der Waals surface area (Å²) in [6.07, 6.45) is 2.21. The number of ether oxygens (including phenoxy) is 2. The predicted octanol–water partition coefficient (Wildman–Crippen LogP) is 1.69. The molecule has 10 heteroatoms. The topological polar surface area (TPSA) is 151 Å². The summed E-state index contributed by atoms with van der Waals surface area (Å²) in [5.41, 5.74) is 8.56. The average molecular weight is 505 g/mol. The second kappa shape index (κ2) is 13.6. The molecule has 0 saturated carbocycles. The first kappa shape index (κ1) is 27.2.